The van der Waals surface area contributed by atoms with Crippen LogP contribution in [0.4, 0.5) is 0 Å². The van der Waals surface area contributed by atoms with Gasteiger partial charge in [0.05, 0.1) is 4.88 Å². The Bertz CT molecular complexity index is 465. The Kier molecular flexibility index (Phi) is 2.37. The summed E-state index contributed by atoms with van der Waals surface area (Å²) in [4.78, 5) is 19.5. The highest BCUT2D eigenvalue weighted by atomic mass is 32.1. The SMILES string of the molecule is Cc1ccncc1-c1cnc(C=O)s1. The molecule has 0 unspecified atom stereocenters. The van der Waals surface area contributed by atoms with Gasteiger partial charge in [0.25, 0.3) is 0 Å². The number of thiazole rings is 1. The molecule has 2 heterocycles. The molecule has 0 N–H and O–H groups in total. The van der Waals surface area contributed by atoms with Crippen molar-refractivity contribution in [3.63, 3.8) is 0 Å². The molecule has 0 aliphatic rings. The average molecular weight is 204 g/mol. The van der Waals surface area contributed by atoms with Gasteiger partial charge in [-0.1, -0.05) is 0 Å². The van der Waals surface area contributed by atoms with Crippen LogP contribution in [0.2, 0.25) is 0 Å². The van der Waals surface area contributed by atoms with Crippen molar-refractivity contribution in [3.05, 3.63) is 35.2 Å². The van der Waals surface area contributed by atoms with Gasteiger partial charge in [0.2, 0.25) is 0 Å². The smallest absolute Gasteiger partial charge is 0.178 e. The van der Waals surface area contributed by atoms with Crippen molar-refractivity contribution in [2.45, 2.75) is 6.92 Å². The van der Waals surface area contributed by atoms with Gasteiger partial charge in [-0.2, -0.15) is 0 Å². The molecule has 0 radical (unpaired) electrons. The average Bonchev–Trinajstić information content (AvgIpc) is 2.67. The van der Waals surface area contributed by atoms with E-state index in [2.05, 4.69) is 9.97 Å². The lowest BCUT2D eigenvalue weighted by atomic mass is 10.1. The Morgan fingerprint density at radius 3 is 2.93 bits per heavy atom. The number of pyridine rings is 1. The van der Waals surface area contributed by atoms with Crippen LogP contribution < -0.4 is 0 Å². The Balaban J connectivity index is 2.49. The van der Waals surface area contributed by atoms with Crippen LogP contribution >= 0.6 is 11.3 Å². The van der Waals surface area contributed by atoms with Crippen molar-refractivity contribution >= 4 is 17.6 Å². The van der Waals surface area contributed by atoms with Crippen molar-refractivity contribution in [1.29, 1.82) is 0 Å². The summed E-state index contributed by atoms with van der Waals surface area (Å²) in [5.41, 5.74) is 2.18. The van der Waals surface area contributed by atoms with Crippen LogP contribution in [0.15, 0.2) is 24.7 Å². The second-order valence-electron chi connectivity index (χ2n) is 2.87. The van der Waals surface area contributed by atoms with Crippen molar-refractivity contribution in [1.82, 2.24) is 9.97 Å². The molecule has 0 aliphatic carbocycles. The third-order valence-electron chi connectivity index (χ3n) is 1.93. The van der Waals surface area contributed by atoms with E-state index in [-0.39, 0.29) is 0 Å². The molecule has 0 saturated heterocycles. The molecule has 3 nitrogen and oxygen atoms in total. The van der Waals surface area contributed by atoms with Crippen LogP contribution in [0.25, 0.3) is 10.4 Å². The molecule has 0 atom stereocenters. The molecule has 70 valence electrons. The lowest BCUT2D eigenvalue weighted by molar-refractivity contribution is 0.112. The fourth-order valence-corrected chi connectivity index (χ4v) is 2.00. The van der Waals surface area contributed by atoms with Gasteiger partial charge >= 0.3 is 0 Å². The molecule has 2 aromatic heterocycles. The first kappa shape index (κ1) is 9.02. The zero-order chi connectivity index (χ0) is 9.97. The van der Waals surface area contributed by atoms with Crippen LogP contribution in [0.3, 0.4) is 0 Å². The largest absolute Gasteiger partial charge is 0.295 e. The number of hydrogen-bond acceptors (Lipinski definition) is 4. The third-order valence-corrected chi connectivity index (χ3v) is 2.88. The summed E-state index contributed by atoms with van der Waals surface area (Å²) in [7, 11) is 0. The molecule has 0 bridgehead atoms. The van der Waals surface area contributed by atoms with Crippen LogP contribution in [-0.4, -0.2) is 16.3 Å². The molecule has 0 aliphatic heterocycles. The van der Waals surface area contributed by atoms with Crippen molar-refractivity contribution in [2.75, 3.05) is 0 Å². The number of hydrogen-bond donors (Lipinski definition) is 0. The minimum atomic E-state index is 0.503. The number of aryl methyl sites for hydroxylation is 1. The Morgan fingerprint density at radius 1 is 1.43 bits per heavy atom. The number of nitrogens with zero attached hydrogens (tertiary/aromatic N) is 2. The number of carbonyl (C=O) groups excluding carboxylic acids is 1. The van der Waals surface area contributed by atoms with Gasteiger partial charge in [-0.25, -0.2) is 4.98 Å². The molecule has 2 rings (SSSR count). The lowest BCUT2D eigenvalue weighted by Gasteiger charge is -1.99. The lowest BCUT2D eigenvalue weighted by Crippen LogP contribution is -1.80. The molecule has 0 amide bonds. The molecule has 0 aromatic carbocycles. The second kappa shape index (κ2) is 3.67. The van der Waals surface area contributed by atoms with Crippen LogP contribution in [0, 0.1) is 6.92 Å². The van der Waals surface area contributed by atoms with Gasteiger partial charge in [0.1, 0.15) is 0 Å². The van der Waals surface area contributed by atoms with E-state index in [1.165, 1.54) is 11.3 Å². The highest BCUT2D eigenvalue weighted by molar-refractivity contribution is 7.16. The van der Waals surface area contributed by atoms with Gasteiger partial charge < -0.3 is 0 Å². The summed E-state index contributed by atoms with van der Waals surface area (Å²) in [6, 6.07) is 1.94. The van der Waals surface area contributed by atoms with Crippen molar-refractivity contribution in [3.8, 4) is 10.4 Å². The van der Waals surface area contributed by atoms with Gasteiger partial charge in [0, 0.05) is 24.2 Å². The summed E-state index contributed by atoms with van der Waals surface area (Å²) in [5.74, 6) is 0. The van der Waals surface area contributed by atoms with E-state index in [1.807, 2.05) is 13.0 Å². The molecular formula is C10H8N2OS. The third kappa shape index (κ3) is 1.56. The molecular weight excluding hydrogens is 196 g/mol. The first-order valence-electron chi connectivity index (χ1n) is 4.13. The predicted molar refractivity (Wildman–Crippen MR) is 55.5 cm³/mol. The minimum absolute atomic E-state index is 0.503. The quantitative estimate of drug-likeness (QED) is 0.705. The molecule has 0 saturated carbocycles. The zero-order valence-electron chi connectivity index (χ0n) is 7.60. The predicted octanol–water partition coefficient (Wildman–Crippen LogP) is 2.33. The molecule has 0 spiro atoms. The van der Waals surface area contributed by atoms with E-state index in [9.17, 15) is 4.79 Å². The van der Waals surface area contributed by atoms with Gasteiger partial charge in [-0.3, -0.25) is 9.78 Å². The van der Waals surface area contributed by atoms with E-state index in [0.29, 0.717) is 5.01 Å². The zero-order valence-corrected chi connectivity index (χ0v) is 8.41. The van der Waals surface area contributed by atoms with E-state index in [4.69, 9.17) is 0 Å². The summed E-state index contributed by atoms with van der Waals surface area (Å²) < 4.78 is 0. The maximum atomic E-state index is 10.5. The second-order valence-corrected chi connectivity index (χ2v) is 3.93. The Morgan fingerprint density at radius 2 is 2.29 bits per heavy atom. The highest BCUT2D eigenvalue weighted by Crippen LogP contribution is 2.27. The van der Waals surface area contributed by atoms with Crippen molar-refractivity contribution in [2.24, 2.45) is 0 Å². The van der Waals surface area contributed by atoms with E-state index >= 15 is 0 Å². The number of aldehydes is 1. The van der Waals surface area contributed by atoms with Gasteiger partial charge in [-0.15, -0.1) is 11.3 Å². The minimum Gasteiger partial charge on any atom is -0.295 e. The molecule has 2 aromatic rings. The van der Waals surface area contributed by atoms with E-state index < -0.39 is 0 Å². The molecule has 14 heavy (non-hydrogen) atoms. The number of carbonyl (C=O) groups is 1. The number of rotatable bonds is 2. The van der Waals surface area contributed by atoms with Crippen LogP contribution in [0.1, 0.15) is 15.4 Å². The fraction of sp³-hybridized carbons (Fsp3) is 0.100. The molecule has 0 fully saturated rings. The Labute approximate surface area is 85.5 Å². The van der Waals surface area contributed by atoms with E-state index in [1.54, 1.807) is 18.6 Å². The number of aromatic nitrogens is 2. The van der Waals surface area contributed by atoms with Crippen LogP contribution in [-0.2, 0) is 0 Å². The monoisotopic (exact) mass is 204 g/mol. The summed E-state index contributed by atoms with van der Waals surface area (Å²) in [5, 5.41) is 0.503. The maximum Gasteiger partial charge on any atom is 0.178 e. The summed E-state index contributed by atoms with van der Waals surface area (Å²) in [6.07, 6.45) is 6.01. The van der Waals surface area contributed by atoms with E-state index in [0.717, 1.165) is 22.3 Å². The normalized spacial score (nSPS) is 10.1. The van der Waals surface area contributed by atoms with Crippen LogP contribution in [0.5, 0.6) is 0 Å². The summed E-state index contributed by atoms with van der Waals surface area (Å²) >= 11 is 1.38. The highest BCUT2D eigenvalue weighted by Gasteiger charge is 2.05. The standard InChI is InChI=1S/C10H8N2OS/c1-7-2-3-11-4-8(7)9-5-12-10(6-13)14-9/h2-6H,1H3. The Hall–Kier alpha value is -1.55. The summed E-state index contributed by atoms with van der Waals surface area (Å²) in [6.45, 7) is 2.01. The van der Waals surface area contributed by atoms with Crippen molar-refractivity contribution < 1.29 is 4.79 Å². The van der Waals surface area contributed by atoms with Gasteiger partial charge in [0.15, 0.2) is 11.3 Å². The first-order chi connectivity index (χ1) is 6.81. The topological polar surface area (TPSA) is 42.9 Å². The fourth-order valence-electron chi connectivity index (χ4n) is 1.19. The molecule has 4 heteroatoms. The maximum absolute atomic E-state index is 10.5. The first-order valence-corrected chi connectivity index (χ1v) is 4.95. The van der Waals surface area contributed by atoms with Gasteiger partial charge in [-0.05, 0) is 18.6 Å².